The monoisotopic (exact) mass is 316 g/mol. The molecular formula is C12H12N8O3. The van der Waals surface area contributed by atoms with Crippen molar-refractivity contribution >= 4 is 17.7 Å². The van der Waals surface area contributed by atoms with Gasteiger partial charge in [0.15, 0.2) is 0 Å². The van der Waals surface area contributed by atoms with Crippen LogP contribution in [0, 0.1) is 5.41 Å². The molecule has 11 nitrogen and oxygen atoms in total. The molecule has 2 aromatic heterocycles. The van der Waals surface area contributed by atoms with Crippen LogP contribution in [0.2, 0.25) is 0 Å². The van der Waals surface area contributed by atoms with Gasteiger partial charge in [-0.2, -0.15) is 4.98 Å². The molecule has 0 aliphatic carbocycles. The van der Waals surface area contributed by atoms with E-state index < -0.39 is 5.41 Å². The Balaban J connectivity index is 1.52. The molecule has 3 amide bonds. The van der Waals surface area contributed by atoms with Crippen molar-refractivity contribution in [1.29, 1.82) is 0 Å². The maximum absolute atomic E-state index is 12.5. The molecule has 0 radical (unpaired) electrons. The molecule has 0 saturated carbocycles. The summed E-state index contributed by atoms with van der Waals surface area (Å²) in [6, 6.07) is 0. The number of H-pyrrole nitrogens is 1. The van der Waals surface area contributed by atoms with E-state index in [-0.39, 0.29) is 42.5 Å². The average molecular weight is 316 g/mol. The van der Waals surface area contributed by atoms with E-state index in [2.05, 4.69) is 30.7 Å². The molecule has 11 heteroatoms. The van der Waals surface area contributed by atoms with Gasteiger partial charge < -0.3 is 4.90 Å². The van der Waals surface area contributed by atoms with Crippen LogP contribution in [0.3, 0.4) is 0 Å². The largest absolute Gasteiger partial charge is 0.335 e. The van der Waals surface area contributed by atoms with Crippen LogP contribution in [-0.4, -0.2) is 65.7 Å². The number of aromatic nitrogens is 6. The van der Waals surface area contributed by atoms with Gasteiger partial charge in [-0.15, -0.1) is 15.3 Å². The van der Waals surface area contributed by atoms with E-state index in [0.29, 0.717) is 13.0 Å². The zero-order valence-corrected chi connectivity index (χ0v) is 11.9. The highest BCUT2D eigenvalue weighted by molar-refractivity contribution is 6.06. The summed E-state index contributed by atoms with van der Waals surface area (Å²) in [5, 5.41) is 16.1. The van der Waals surface area contributed by atoms with E-state index in [1.165, 1.54) is 22.1 Å². The Morgan fingerprint density at radius 1 is 1.26 bits per heavy atom. The van der Waals surface area contributed by atoms with Gasteiger partial charge in [0, 0.05) is 19.5 Å². The Hall–Kier alpha value is -3.11. The van der Waals surface area contributed by atoms with Crippen molar-refractivity contribution in [3.05, 3.63) is 18.5 Å². The number of nitrogens with zero attached hydrogens (tertiary/aromatic N) is 6. The summed E-state index contributed by atoms with van der Waals surface area (Å²) in [5.74, 6) is -0.642. The minimum absolute atomic E-state index is 0.0653. The number of likely N-dealkylation sites (tertiary alicyclic amines) is 1. The second-order valence-corrected chi connectivity index (χ2v) is 5.66. The van der Waals surface area contributed by atoms with Crippen molar-refractivity contribution in [2.75, 3.05) is 13.1 Å². The lowest BCUT2D eigenvalue weighted by Gasteiger charge is -2.19. The fourth-order valence-electron chi connectivity index (χ4n) is 2.98. The van der Waals surface area contributed by atoms with Gasteiger partial charge >= 0.3 is 0 Å². The maximum Gasteiger partial charge on any atom is 0.291 e. The lowest BCUT2D eigenvalue weighted by atomic mass is 9.85. The first kappa shape index (κ1) is 13.5. The Morgan fingerprint density at radius 2 is 2.04 bits per heavy atom. The highest BCUT2D eigenvalue weighted by Crippen LogP contribution is 2.37. The van der Waals surface area contributed by atoms with Gasteiger partial charge in [-0.25, -0.2) is 0 Å². The van der Waals surface area contributed by atoms with Crippen LogP contribution in [-0.2, 0) is 9.59 Å². The van der Waals surface area contributed by atoms with E-state index in [9.17, 15) is 14.4 Å². The van der Waals surface area contributed by atoms with Crippen molar-refractivity contribution in [2.24, 2.45) is 5.41 Å². The molecule has 2 aliphatic rings. The van der Waals surface area contributed by atoms with Crippen LogP contribution >= 0.6 is 0 Å². The Labute approximate surface area is 129 Å². The molecule has 4 heterocycles. The highest BCUT2D eigenvalue weighted by Gasteiger charge is 2.52. The summed E-state index contributed by atoms with van der Waals surface area (Å²) in [7, 11) is 0. The third-order valence-electron chi connectivity index (χ3n) is 4.20. The SMILES string of the molecule is O=C1CC2(CCN(C(=O)c3nc(-n4cnnc4)n[nH]3)C2)C(=O)N1. The van der Waals surface area contributed by atoms with Crippen molar-refractivity contribution in [2.45, 2.75) is 12.8 Å². The van der Waals surface area contributed by atoms with Crippen molar-refractivity contribution < 1.29 is 14.4 Å². The average Bonchev–Trinajstić information content (AvgIpc) is 3.28. The normalized spacial score (nSPS) is 23.7. The fraction of sp³-hybridized carbons (Fsp3) is 0.417. The zero-order valence-electron chi connectivity index (χ0n) is 11.9. The first-order valence-electron chi connectivity index (χ1n) is 6.98. The molecule has 1 atom stereocenters. The van der Waals surface area contributed by atoms with Gasteiger partial charge in [-0.05, 0) is 6.42 Å². The molecule has 2 N–H and O–H groups in total. The zero-order chi connectivity index (χ0) is 16.0. The summed E-state index contributed by atoms with van der Waals surface area (Å²) >= 11 is 0. The van der Waals surface area contributed by atoms with Crippen LogP contribution in [0.5, 0.6) is 0 Å². The predicted octanol–water partition coefficient (Wildman–Crippen LogP) is -1.74. The Kier molecular flexibility index (Phi) is 2.76. The van der Waals surface area contributed by atoms with E-state index in [1.807, 2.05) is 0 Å². The molecule has 2 aliphatic heterocycles. The number of rotatable bonds is 2. The van der Waals surface area contributed by atoms with Gasteiger partial charge in [0.1, 0.15) is 12.7 Å². The number of hydrogen-bond acceptors (Lipinski definition) is 7. The summed E-state index contributed by atoms with van der Waals surface area (Å²) in [6.45, 7) is 0.592. The maximum atomic E-state index is 12.5. The van der Waals surface area contributed by atoms with Crippen LogP contribution in [0.25, 0.3) is 5.95 Å². The van der Waals surface area contributed by atoms with Crippen LogP contribution in [0.15, 0.2) is 12.7 Å². The number of amides is 3. The second kappa shape index (κ2) is 4.69. The van der Waals surface area contributed by atoms with Gasteiger partial charge in [0.25, 0.3) is 11.9 Å². The van der Waals surface area contributed by atoms with Crippen LogP contribution in [0.4, 0.5) is 0 Å². The topological polar surface area (TPSA) is 139 Å². The van der Waals surface area contributed by atoms with Crippen molar-refractivity contribution in [3.8, 4) is 5.95 Å². The Bertz CT molecular complexity index is 797. The van der Waals surface area contributed by atoms with Gasteiger partial charge in [-0.3, -0.25) is 29.4 Å². The third kappa shape index (κ3) is 2.08. The number of aromatic amines is 1. The van der Waals surface area contributed by atoms with Crippen LogP contribution in [0.1, 0.15) is 23.5 Å². The summed E-state index contributed by atoms with van der Waals surface area (Å²) in [4.78, 5) is 41.5. The second-order valence-electron chi connectivity index (χ2n) is 5.66. The summed E-state index contributed by atoms with van der Waals surface area (Å²) in [5.41, 5.74) is -0.802. The number of imide groups is 1. The molecule has 2 fully saturated rings. The van der Waals surface area contributed by atoms with Crippen molar-refractivity contribution in [1.82, 2.24) is 40.2 Å². The Morgan fingerprint density at radius 3 is 2.74 bits per heavy atom. The number of hydrogen-bond donors (Lipinski definition) is 2. The minimum Gasteiger partial charge on any atom is -0.335 e. The van der Waals surface area contributed by atoms with Crippen molar-refractivity contribution in [3.63, 3.8) is 0 Å². The first-order valence-corrected chi connectivity index (χ1v) is 6.98. The lowest BCUT2D eigenvalue weighted by Crippen LogP contribution is -2.37. The minimum atomic E-state index is -0.802. The molecule has 2 aromatic rings. The molecule has 23 heavy (non-hydrogen) atoms. The van der Waals surface area contributed by atoms with Crippen LogP contribution < -0.4 is 5.32 Å². The first-order chi connectivity index (χ1) is 11.1. The quantitative estimate of drug-likeness (QED) is 0.627. The summed E-state index contributed by atoms with van der Waals surface area (Å²) < 4.78 is 1.46. The lowest BCUT2D eigenvalue weighted by molar-refractivity contribution is -0.128. The highest BCUT2D eigenvalue weighted by atomic mass is 16.2. The van der Waals surface area contributed by atoms with E-state index in [4.69, 9.17) is 0 Å². The molecular weight excluding hydrogens is 304 g/mol. The van der Waals surface area contributed by atoms with Gasteiger partial charge in [0.05, 0.1) is 5.41 Å². The molecule has 2 saturated heterocycles. The van der Waals surface area contributed by atoms with Gasteiger partial charge in [-0.1, -0.05) is 0 Å². The molecule has 1 spiro atoms. The standard InChI is InChI=1S/C12H12N8O3/c21-7-3-12(10(23)15-7)1-2-19(4-12)9(22)8-16-11(18-17-8)20-5-13-14-6-20/h5-6H,1-4H2,(H,15,21,23)(H,16,17,18). The van der Waals surface area contributed by atoms with E-state index in [0.717, 1.165) is 0 Å². The fourth-order valence-corrected chi connectivity index (χ4v) is 2.98. The van der Waals surface area contributed by atoms with Gasteiger partial charge in [0.2, 0.25) is 17.6 Å². The van der Waals surface area contributed by atoms with E-state index in [1.54, 1.807) is 0 Å². The number of carbonyl (C=O) groups excluding carboxylic acids is 3. The third-order valence-corrected chi connectivity index (χ3v) is 4.20. The molecule has 0 bridgehead atoms. The predicted molar refractivity (Wildman–Crippen MR) is 72.0 cm³/mol. The molecule has 1 unspecified atom stereocenters. The smallest absolute Gasteiger partial charge is 0.291 e. The summed E-state index contributed by atoms with van der Waals surface area (Å²) in [6.07, 6.45) is 3.41. The number of nitrogens with one attached hydrogen (secondary N) is 2. The van der Waals surface area contributed by atoms with E-state index >= 15 is 0 Å². The number of carbonyl (C=O) groups is 3. The molecule has 4 rings (SSSR count). The molecule has 0 aromatic carbocycles. The molecule has 118 valence electrons.